The monoisotopic (exact) mass is 206 g/mol. The highest BCUT2D eigenvalue weighted by atomic mass is 19.1. The highest BCUT2D eigenvalue weighted by Gasteiger charge is 2.11. The van der Waals surface area contributed by atoms with Gasteiger partial charge in [-0.3, -0.25) is 0 Å². The van der Waals surface area contributed by atoms with Crippen LogP contribution in [0.25, 0.3) is 11.4 Å². The van der Waals surface area contributed by atoms with E-state index >= 15 is 0 Å². The van der Waals surface area contributed by atoms with Gasteiger partial charge in [-0.15, -0.1) is 0 Å². The van der Waals surface area contributed by atoms with Crippen LogP contribution in [-0.2, 0) is 11.2 Å². The molecule has 1 heterocycles. The first kappa shape index (κ1) is 9.51. The number of hydrogen-bond donors (Lipinski definition) is 0. The number of hydrogen-bond acceptors (Lipinski definition) is 4. The second-order valence-corrected chi connectivity index (χ2v) is 2.86. The molecule has 15 heavy (non-hydrogen) atoms. The van der Waals surface area contributed by atoms with E-state index in [2.05, 4.69) is 10.1 Å². The van der Waals surface area contributed by atoms with Crippen molar-refractivity contribution in [1.29, 1.82) is 0 Å². The average Bonchev–Trinajstić information content (AvgIpc) is 2.68. The Balaban J connectivity index is 2.37. The van der Waals surface area contributed by atoms with E-state index in [-0.39, 0.29) is 23.7 Å². The minimum Gasteiger partial charge on any atom is -0.339 e. The molecule has 0 spiro atoms. The zero-order valence-electron chi connectivity index (χ0n) is 7.68. The maximum atomic E-state index is 13.3. The van der Waals surface area contributed by atoms with Crippen molar-refractivity contribution in [2.24, 2.45) is 0 Å². The molecule has 0 atom stereocenters. The Labute approximate surface area is 84.7 Å². The predicted octanol–water partition coefficient (Wildman–Crippen LogP) is 1.62. The van der Waals surface area contributed by atoms with Crippen LogP contribution >= 0.6 is 0 Å². The van der Waals surface area contributed by atoms with Crippen molar-refractivity contribution in [3.63, 3.8) is 0 Å². The van der Waals surface area contributed by atoms with Gasteiger partial charge in [0.25, 0.3) is 0 Å². The van der Waals surface area contributed by atoms with Gasteiger partial charge in [-0.2, -0.15) is 4.98 Å². The Kier molecular flexibility index (Phi) is 2.53. The molecular weight excluding hydrogens is 199 g/mol. The summed E-state index contributed by atoms with van der Waals surface area (Å²) < 4.78 is 18.0. The Morgan fingerprint density at radius 3 is 2.93 bits per heavy atom. The molecule has 0 aliphatic carbocycles. The summed E-state index contributed by atoms with van der Waals surface area (Å²) >= 11 is 0. The zero-order valence-corrected chi connectivity index (χ0v) is 7.68. The Morgan fingerprint density at radius 1 is 1.40 bits per heavy atom. The third-order valence-electron chi connectivity index (χ3n) is 1.84. The summed E-state index contributed by atoms with van der Waals surface area (Å²) in [5, 5.41) is 3.58. The van der Waals surface area contributed by atoms with E-state index in [4.69, 9.17) is 4.52 Å². The molecule has 0 aliphatic rings. The van der Waals surface area contributed by atoms with Gasteiger partial charge in [0.2, 0.25) is 11.7 Å². The van der Waals surface area contributed by atoms with Gasteiger partial charge in [0.05, 0.1) is 12.0 Å². The minimum absolute atomic E-state index is 0.0431. The average molecular weight is 206 g/mol. The van der Waals surface area contributed by atoms with Crippen molar-refractivity contribution in [2.45, 2.75) is 6.42 Å². The standard InChI is InChI=1S/C10H7FN2O2/c11-8-4-2-1-3-7(8)10-12-9(5-6-14)15-13-10/h1-4,6H,5H2. The first-order valence-electron chi connectivity index (χ1n) is 4.32. The Morgan fingerprint density at radius 2 is 2.20 bits per heavy atom. The van der Waals surface area contributed by atoms with Crippen LogP contribution in [0.3, 0.4) is 0 Å². The number of nitrogens with zero attached hydrogens (tertiary/aromatic N) is 2. The molecule has 2 rings (SSSR count). The van der Waals surface area contributed by atoms with Crippen LogP contribution in [-0.4, -0.2) is 16.4 Å². The van der Waals surface area contributed by atoms with E-state index in [9.17, 15) is 9.18 Å². The molecule has 0 amide bonds. The van der Waals surface area contributed by atoms with Crippen LogP contribution in [0.2, 0.25) is 0 Å². The SMILES string of the molecule is O=CCc1nc(-c2ccccc2F)no1. The third kappa shape index (κ3) is 1.90. The molecule has 2 aromatic rings. The smallest absolute Gasteiger partial charge is 0.234 e. The summed E-state index contributed by atoms with van der Waals surface area (Å²) in [4.78, 5) is 14.1. The number of aromatic nitrogens is 2. The molecule has 76 valence electrons. The van der Waals surface area contributed by atoms with E-state index in [0.717, 1.165) is 0 Å². The largest absolute Gasteiger partial charge is 0.339 e. The van der Waals surface area contributed by atoms with Gasteiger partial charge < -0.3 is 9.32 Å². The van der Waals surface area contributed by atoms with Crippen molar-refractivity contribution in [3.05, 3.63) is 36.0 Å². The quantitative estimate of drug-likeness (QED) is 0.716. The summed E-state index contributed by atoms with van der Waals surface area (Å²) in [6.45, 7) is 0. The molecule has 0 unspecified atom stereocenters. The molecule has 5 heteroatoms. The predicted molar refractivity (Wildman–Crippen MR) is 49.5 cm³/mol. The molecule has 0 fully saturated rings. The summed E-state index contributed by atoms with van der Waals surface area (Å²) in [6, 6.07) is 6.11. The molecule has 0 saturated carbocycles. The fourth-order valence-electron chi connectivity index (χ4n) is 1.16. The first-order valence-corrected chi connectivity index (χ1v) is 4.32. The van der Waals surface area contributed by atoms with Gasteiger partial charge in [-0.1, -0.05) is 17.3 Å². The van der Waals surface area contributed by atoms with Gasteiger partial charge in [-0.05, 0) is 12.1 Å². The lowest BCUT2D eigenvalue weighted by molar-refractivity contribution is -0.107. The van der Waals surface area contributed by atoms with E-state index in [1.165, 1.54) is 6.07 Å². The molecule has 1 aromatic carbocycles. The molecule has 0 radical (unpaired) electrons. The fraction of sp³-hybridized carbons (Fsp3) is 0.100. The fourth-order valence-corrected chi connectivity index (χ4v) is 1.16. The molecule has 0 saturated heterocycles. The van der Waals surface area contributed by atoms with E-state index in [0.29, 0.717) is 6.29 Å². The van der Waals surface area contributed by atoms with Gasteiger partial charge in [0.15, 0.2) is 0 Å². The topological polar surface area (TPSA) is 56.0 Å². The lowest BCUT2D eigenvalue weighted by Gasteiger charge is -1.94. The lowest BCUT2D eigenvalue weighted by atomic mass is 10.2. The number of benzene rings is 1. The molecule has 1 aromatic heterocycles. The number of halogens is 1. The van der Waals surface area contributed by atoms with Crippen LogP contribution in [0.5, 0.6) is 0 Å². The highest BCUT2D eigenvalue weighted by Crippen LogP contribution is 2.18. The van der Waals surface area contributed by atoms with Crippen molar-refractivity contribution in [3.8, 4) is 11.4 Å². The highest BCUT2D eigenvalue weighted by molar-refractivity contribution is 5.56. The maximum Gasteiger partial charge on any atom is 0.234 e. The molecule has 4 nitrogen and oxygen atoms in total. The maximum absolute atomic E-state index is 13.3. The van der Waals surface area contributed by atoms with Crippen molar-refractivity contribution in [1.82, 2.24) is 10.1 Å². The number of aldehydes is 1. The van der Waals surface area contributed by atoms with Gasteiger partial charge in [-0.25, -0.2) is 4.39 Å². The minimum atomic E-state index is -0.420. The number of carbonyl (C=O) groups excluding carboxylic acids is 1. The van der Waals surface area contributed by atoms with Gasteiger partial charge in [0.1, 0.15) is 12.1 Å². The number of rotatable bonds is 3. The van der Waals surface area contributed by atoms with Crippen molar-refractivity contribution < 1.29 is 13.7 Å². The van der Waals surface area contributed by atoms with Crippen molar-refractivity contribution >= 4 is 6.29 Å². The van der Waals surface area contributed by atoms with Crippen molar-refractivity contribution in [2.75, 3.05) is 0 Å². The number of carbonyl (C=O) groups is 1. The zero-order chi connectivity index (χ0) is 10.7. The van der Waals surface area contributed by atoms with E-state index < -0.39 is 5.82 Å². The van der Waals surface area contributed by atoms with Crippen LogP contribution in [0, 0.1) is 5.82 Å². The molecule has 0 aliphatic heterocycles. The third-order valence-corrected chi connectivity index (χ3v) is 1.84. The summed E-state index contributed by atoms with van der Waals surface area (Å²) in [5.74, 6) is -0.0795. The summed E-state index contributed by atoms with van der Waals surface area (Å²) in [6.07, 6.45) is 0.695. The summed E-state index contributed by atoms with van der Waals surface area (Å²) in [5.41, 5.74) is 0.262. The molecule has 0 N–H and O–H groups in total. The van der Waals surface area contributed by atoms with Crippen LogP contribution in [0.4, 0.5) is 4.39 Å². The van der Waals surface area contributed by atoms with E-state index in [1.54, 1.807) is 18.2 Å². The lowest BCUT2D eigenvalue weighted by Crippen LogP contribution is -1.87. The van der Waals surface area contributed by atoms with E-state index in [1.807, 2.05) is 0 Å². The summed E-state index contributed by atoms with van der Waals surface area (Å²) in [7, 11) is 0. The van der Waals surface area contributed by atoms with Crippen LogP contribution < -0.4 is 0 Å². The van der Waals surface area contributed by atoms with Gasteiger partial charge in [0, 0.05) is 0 Å². The molecule has 0 bridgehead atoms. The Bertz CT molecular complexity index is 482. The Hall–Kier alpha value is -2.04. The first-order chi connectivity index (χ1) is 7.31. The van der Waals surface area contributed by atoms with Crippen LogP contribution in [0.15, 0.2) is 28.8 Å². The molecular formula is C10H7FN2O2. The normalized spacial score (nSPS) is 10.2. The van der Waals surface area contributed by atoms with Crippen LogP contribution in [0.1, 0.15) is 5.89 Å². The second kappa shape index (κ2) is 4.00. The second-order valence-electron chi connectivity index (χ2n) is 2.86. The van der Waals surface area contributed by atoms with Gasteiger partial charge >= 0.3 is 0 Å².